The van der Waals surface area contributed by atoms with Gasteiger partial charge in [0.1, 0.15) is 0 Å². The van der Waals surface area contributed by atoms with Crippen LogP contribution in [-0.2, 0) is 16.0 Å². The number of amides is 1. The number of benzene rings is 1. The summed E-state index contributed by atoms with van der Waals surface area (Å²) >= 11 is 0. The van der Waals surface area contributed by atoms with Crippen LogP contribution in [-0.4, -0.2) is 30.8 Å². The van der Waals surface area contributed by atoms with Gasteiger partial charge < -0.3 is 10.1 Å². The fraction of sp³-hybridized carbons (Fsp3) is 0.308. The Morgan fingerprint density at radius 1 is 1.39 bits per heavy atom. The molecular formula is C13H13NO4. The van der Waals surface area contributed by atoms with Crippen LogP contribution >= 0.6 is 0 Å². The second kappa shape index (κ2) is 4.60. The van der Waals surface area contributed by atoms with Crippen molar-refractivity contribution in [3.05, 3.63) is 34.9 Å². The molecule has 1 N–H and O–H groups in total. The Kier molecular flexibility index (Phi) is 3.14. The first-order valence-electron chi connectivity index (χ1n) is 5.55. The quantitative estimate of drug-likeness (QED) is 0.781. The van der Waals surface area contributed by atoms with E-state index in [2.05, 4.69) is 10.1 Å². The van der Waals surface area contributed by atoms with Gasteiger partial charge in [-0.2, -0.15) is 0 Å². The number of Topliss-reactive ketones (excluding diaryl/α,β-unsaturated/α-hetero) is 1. The third-order valence-corrected chi connectivity index (χ3v) is 2.91. The molecule has 0 saturated heterocycles. The minimum absolute atomic E-state index is 0.161. The molecular weight excluding hydrogens is 234 g/mol. The van der Waals surface area contributed by atoms with Gasteiger partial charge in [-0.25, -0.2) is 4.79 Å². The maximum Gasteiger partial charge on any atom is 0.337 e. The van der Waals surface area contributed by atoms with Gasteiger partial charge in [0.2, 0.25) is 5.91 Å². The zero-order valence-corrected chi connectivity index (χ0v) is 10.1. The highest BCUT2D eigenvalue weighted by molar-refractivity contribution is 6.07. The molecule has 5 nitrogen and oxygen atoms in total. The summed E-state index contributed by atoms with van der Waals surface area (Å²) in [6.07, 6.45) is 0.467. The zero-order valence-electron chi connectivity index (χ0n) is 10.1. The van der Waals surface area contributed by atoms with Crippen molar-refractivity contribution in [1.82, 2.24) is 5.32 Å². The van der Waals surface area contributed by atoms with Gasteiger partial charge in [0, 0.05) is 18.9 Å². The first-order valence-corrected chi connectivity index (χ1v) is 5.55. The van der Waals surface area contributed by atoms with Crippen molar-refractivity contribution >= 4 is 17.7 Å². The molecule has 0 heterocycles. The molecule has 18 heavy (non-hydrogen) atoms. The number of methoxy groups -OCH3 is 1. The fourth-order valence-corrected chi connectivity index (χ4v) is 2.09. The molecule has 5 heteroatoms. The van der Waals surface area contributed by atoms with Gasteiger partial charge >= 0.3 is 5.97 Å². The lowest BCUT2D eigenvalue weighted by Crippen LogP contribution is -2.37. The van der Waals surface area contributed by atoms with E-state index >= 15 is 0 Å². The predicted octanol–water partition coefficient (Wildman–Crippen LogP) is 0.717. The number of carbonyl (C=O) groups is 3. The van der Waals surface area contributed by atoms with E-state index in [0.29, 0.717) is 17.5 Å². The van der Waals surface area contributed by atoms with Crippen molar-refractivity contribution in [2.45, 2.75) is 19.4 Å². The van der Waals surface area contributed by atoms with Crippen molar-refractivity contribution < 1.29 is 19.1 Å². The highest BCUT2D eigenvalue weighted by Gasteiger charge is 2.31. The average molecular weight is 247 g/mol. The number of hydrogen-bond donors (Lipinski definition) is 1. The van der Waals surface area contributed by atoms with Gasteiger partial charge in [-0.15, -0.1) is 0 Å². The highest BCUT2D eigenvalue weighted by Crippen LogP contribution is 2.23. The smallest absolute Gasteiger partial charge is 0.337 e. The predicted molar refractivity (Wildman–Crippen MR) is 63.4 cm³/mol. The number of rotatable bonds is 2. The molecule has 0 radical (unpaired) electrons. The first kappa shape index (κ1) is 12.3. The lowest BCUT2D eigenvalue weighted by atomic mass is 10.1. The lowest BCUT2D eigenvalue weighted by Gasteiger charge is -2.07. The second-order valence-electron chi connectivity index (χ2n) is 4.18. The third-order valence-electron chi connectivity index (χ3n) is 2.91. The average Bonchev–Trinajstić information content (AvgIpc) is 2.64. The molecule has 0 saturated carbocycles. The van der Waals surface area contributed by atoms with E-state index in [-0.39, 0.29) is 11.7 Å². The molecule has 1 aromatic rings. The normalized spacial score (nSPS) is 17.2. The van der Waals surface area contributed by atoms with E-state index in [0.717, 1.165) is 5.56 Å². The molecule has 1 aliphatic rings. The molecule has 1 aromatic carbocycles. The van der Waals surface area contributed by atoms with Crippen LogP contribution in [0.15, 0.2) is 18.2 Å². The summed E-state index contributed by atoms with van der Waals surface area (Å²) in [5.41, 5.74) is 1.66. The van der Waals surface area contributed by atoms with E-state index in [4.69, 9.17) is 0 Å². The number of fused-ring (bicyclic) bond motifs is 1. The summed E-state index contributed by atoms with van der Waals surface area (Å²) in [7, 11) is 1.29. The molecule has 1 aliphatic carbocycles. The topological polar surface area (TPSA) is 72.5 Å². The Morgan fingerprint density at radius 2 is 2.11 bits per heavy atom. The Labute approximate surface area is 104 Å². The van der Waals surface area contributed by atoms with E-state index in [1.54, 1.807) is 12.1 Å². The third kappa shape index (κ3) is 2.11. The van der Waals surface area contributed by atoms with Crippen LogP contribution in [0.1, 0.15) is 33.2 Å². The molecule has 1 amide bonds. The molecule has 2 rings (SSSR count). The molecule has 0 unspecified atom stereocenters. The SMILES string of the molecule is COC(=O)c1ccc2c(c1)C(=O)[C@@H](NC(C)=O)C2. The second-order valence-corrected chi connectivity index (χ2v) is 4.18. The Morgan fingerprint density at radius 3 is 2.72 bits per heavy atom. The van der Waals surface area contributed by atoms with Crippen molar-refractivity contribution in [3.63, 3.8) is 0 Å². The monoisotopic (exact) mass is 247 g/mol. The number of ketones is 1. The van der Waals surface area contributed by atoms with Gasteiger partial charge in [0.25, 0.3) is 0 Å². The van der Waals surface area contributed by atoms with Gasteiger partial charge in [0.05, 0.1) is 18.7 Å². The highest BCUT2D eigenvalue weighted by atomic mass is 16.5. The molecule has 0 fully saturated rings. The molecule has 1 atom stereocenters. The summed E-state index contributed by atoms with van der Waals surface area (Å²) in [5, 5.41) is 2.60. The summed E-state index contributed by atoms with van der Waals surface area (Å²) in [6.45, 7) is 1.37. The number of nitrogens with one attached hydrogen (secondary N) is 1. The van der Waals surface area contributed by atoms with Crippen LogP contribution < -0.4 is 5.32 Å². The summed E-state index contributed by atoms with van der Waals surface area (Å²) in [6, 6.07) is 4.34. The first-order chi connectivity index (χ1) is 8.52. The number of esters is 1. The molecule has 0 aliphatic heterocycles. The fourth-order valence-electron chi connectivity index (χ4n) is 2.09. The standard InChI is InChI=1S/C13H13NO4/c1-7(15)14-11-6-8-3-4-9(13(17)18-2)5-10(8)12(11)16/h3-5,11H,6H2,1-2H3,(H,14,15)/t11-/m0/s1. The van der Waals surface area contributed by atoms with Crippen LogP contribution in [0.3, 0.4) is 0 Å². The van der Waals surface area contributed by atoms with Crippen LogP contribution in [0.5, 0.6) is 0 Å². The van der Waals surface area contributed by atoms with Gasteiger partial charge in [-0.05, 0) is 17.7 Å². The maximum absolute atomic E-state index is 12.0. The summed E-state index contributed by atoms with van der Waals surface area (Å²) in [5.74, 6) is -0.881. The van der Waals surface area contributed by atoms with Crippen LogP contribution in [0.25, 0.3) is 0 Å². The largest absolute Gasteiger partial charge is 0.465 e. The summed E-state index contributed by atoms with van der Waals surface area (Å²) in [4.78, 5) is 34.4. The maximum atomic E-state index is 12.0. The minimum atomic E-state index is -0.523. The zero-order chi connectivity index (χ0) is 13.3. The number of hydrogen-bond acceptors (Lipinski definition) is 4. The van der Waals surface area contributed by atoms with Crippen LogP contribution in [0.2, 0.25) is 0 Å². The Balaban J connectivity index is 2.30. The molecule has 0 aromatic heterocycles. The lowest BCUT2D eigenvalue weighted by molar-refractivity contribution is -0.119. The van der Waals surface area contributed by atoms with Crippen molar-refractivity contribution in [2.75, 3.05) is 7.11 Å². The van der Waals surface area contributed by atoms with E-state index in [1.165, 1.54) is 20.1 Å². The van der Waals surface area contributed by atoms with Crippen LogP contribution in [0.4, 0.5) is 0 Å². The summed E-state index contributed by atoms with van der Waals surface area (Å²) < 4.78 is 4.60. The van der Waals surface area contributed by atoms with Crippen molar-refractivity contribution in [1.29, 1.82) is 0 Å². The molecule has 0 bridgehead atoms. The van der Waals surface area contributed by atoms with Gasteiger partial charge in [-0.3, -0.25) is 9.59 Å². The Bertz CT molecular complexity index is 536. The number of ether oxygens (including phenoxy) is 1. The van der Waals surface area contributed by atoms with Gasteiger partial charge in [-0.1, -0.05) is 6.07 Å². The van der Waals surface area contributed by atoms with Crippen molar-refractivity contribution in [2.24, 2.45) is 0 Å². The van der Waals surface area contributed by atoms with Crippen LogP contribution in [0, 0.1) is 0 Å². The molecule has 94 valence electrons. The Hall–Kier alpha value is -2.17. The van der Waals surface area contributed by atoms with E-state index in [1.807, 2.05) is 0 Å². The van der Waals surface area contributed by atoms with Gasteiger partial charge in [0.15, 0.2) is 5.78 Å². The van der Waals surface area contributed by atoms with Crippen molar-refractivity contribution in [3.8, 4) is 0 Å². The number of carbonyl (C=O) groups excluding carboxylic acids is 3. The van der Waals surface area contributed by atoms with E-state index < -0.39 is 12.0 Å². The molecule has 0 spiro atoms. The van der Waals surface area contributed by atoms with E-state index in [9.17, 15) is 14.4 Å². The minimum Gasteiger partial charge on any atom is -0.465 e.